The molecule has 0 bridgehead atoms. The molecule has 3 rings (SSSR count). The lowest BCUT2D eigenvalue weighted by molar-refractivity contribution is -0.121. The molecular weight excluding hydrogens is 474 g/mol. The lowest BCUT2D eigenvalue weighted by Crippen LogP contribution is -2.30. The zero-order chi connectivity index (χ0) is 24.5. The number of carbonyl (C=O) groups is 2. The van der Waals surface area contributed by atoms with E-state index in [-0.39, 0.29) is 30.0 Å². The van der Waals surface area contributed by atoms with Gasteiger partial charge in [0.1, 0.15) is 5.75 Å². The van der Waals surface area contributed by atoms with E-state index in [2.05, 4.69) is 27.4 Å². The first-order valence-corrected chi connectivity index (χ1v) is 11.9. The number of nitrogens with zero attached hydrogens (tertiary/aromatic N) is 3. The number of thioether (sulfide) groups is 1. The minimum absolute atomic E-state index is 0.124. The van der Waals surface area contributed by atoms with Crippen molar-refractivity contribution in [1.29, 1.82) is 0 Å². The van der Waals surface area contributed by atoms with Crippen LogP contribution in [0.5, 0.6) is 5.75 Å². The number of rotatable bonds is 11. The summed E-state index contributed by atoms with van der Waals surface area (Å²) in [5, 5.41) is 15.2. The summed E-state index contributed by atoms with van der Waals surface area (Å²) < 4.78 is 6.98. The Balaban J connectivity index is 1.61. The van der Waals surface area contributed by atoms with Gasteiger partial charge in [-0.3, -0.25) is 9.59 Å². The van der Waals surface area contributed by atoms with Gasteiger partial charge in [0.2, 0.25) is 11.8 Å². The number of ether oxygens (including phenoxy) is 1. The third-order valence-electron chi connectivity index (χ3n) is 4.83. The third kappa shape index (κ3) is 6.85. The molecule has 0 aliphatic heterocycles. The van der Waals surface area contributed by atoms with Gasteiger partial charge in [0.25, 0.3) is 0 Å². The van der Waals surface area contributed by atoms with Crippen LogP contribution in [0.25, 0.3) is 0 Å². The minimum Gasteiger partial charge on any atom is -0.497 e. The number of hydrogen-bond donors (Lipinski definition) is 2. The van der Waals surface area contributed by atoms with Crippen LogP contribution in [0, 0.1) is 0 Å². The molecule has 8 nitrogen and oxygen atoms in total. The van der Waals surface area contributed by atoms with E-state index in [9.17, 15) is 9.59 Å². The largest absolute Gasteiger partial charge is 0.497 e. The number of halogens is 1. The Morgan fingerprint density at radius 3 is 2.59 bits per heavy atom. The molecule has 1 unspecified atom stereocenters. The quantitative estimate of drug-likeness (QED) is 0.302. The molecule has 0 saturated carbocycles. The van der Waals surface area contributed by atoms with Crippen LogP contribution in [0.4, 0.5) is 5.69 Å². The average Bonchev–Trinajstić information content (AvgIpc) is 3.22. The molecule has 178 valence electrons. The van der Waals surface area contributed by atoms with Crippen molar-refractivity contribution >= 4 is 40.9 Å². The van der Waals surface area contributed by atoms with Gasteiger partial charge in [-0.05, 0) is 36.8 Å². The summed E-state index contributed by atoms with van der Waals surface area (Å²) in [6.45, 7) is 6.07. The van der Waals surface area contributed by atoms with E-state index < -0.39 is 0 Å². The summed E-state index contributed by atoms with van der Waals surface area (Å²) in [6, 6.07) is 14.0. The first kappa shape index (κ1) is 25.3. The molecule has 0 radical (unpaired) electrons. The van der Waals surface area contributed by atoms with E-state index in [1.54, 1.807) is 37.5 Å². The zero-order valence-corrected chi connectivity index (χ0v) is 20.5. The molecule has 0 saturated heterocycles. The van der Waals surface area contributed by atoms with Crippen LogP contribution in [0.1, 0.15) is 24.4 Å². The van der Waals surface area contributed by atoms with E-state index in [1.165, 1.54) is 11.8 Å². The van der Waals surface area contributed by atoms with Crippen LogP contribution in [0.2, 0.25) is 5.02 Å². The lowest BCUT2D eigenvalue weighted by Gasteiger charge is -2.15. The van der Waals surface area contributed by atoms with Crippen LogP contribution >= 0.6 is 23.4 Å². The van der Waals surface area contributed by atoms with Crippen molar-refractivity contribution in [3.63, 3.8) is 0 Å². The monoisotopic (exact) mass is 499 g/mol. The summed E-state index contributed by atoms with van der Waals surface area (Å²) in [7, 11) is 1.60. The Kier molecular flexibility index (Phi) is 9.12. The van der Waals surface area contributed by atoms with Crippen LogP contribution in [0.15, 0.2) is 66.3 Å². The minimum atomic E-state index is -0.385. The van der Waals surface area contributed by atoms with Crippen LogP contribution in [0.3, 0.4) is 0 Å². The normalized spacial score (nSPS) is 11.5. The van der Waals surface area contributed by atoms with Crippen LogP contribution in [-0.4, -0.2) is 39.4 Å². The molecule has 0 aliphatic carbocycles. The number of hydrogen-bond acceptors (Lipinski definition) is 6. The summed E-state index contributed by atoms with van der Waals surface area (Å²) in [4.78, 5) is 24.9. The Hall–Kier alpha value is -3.30. The van der Waals surface area contributed by atoms with Crippen LogP contribution in [-0.2, 0) is 22.6 Å². The van der Waals surface area contributed by atoms with Gasteiger partial charge in [0.05, 0.1) is 36.0 Å². The summed E-state index contributed by atoms with van der Waals surface area (Å²) in [5.74, 6) is 1.09. The Labute approximate surface area is 207 Å². The number of amides is 2. The molecule has 2 aromatic carbocycles. The van der Waals surface area contributed by atoms with Gasteiger partial charge in [-0.1, -0.05) is 53.7 Å². The van der Waals surface area contributed by atoms with E-state index in [0.717, 1.165) is 11.3 Å². The molecule has 3 aromatic rings. The van der Waals surface area contributed by atoms with Crippen LogP contribution < -0.4 is 15.4 Å². The highest BCUT2D eigenvalue weighted by Gasteiger charge is 2.20. The number of allylic oxidation sites excluding steroid dienone is 1. The second-order valence-corrected chi connectivity index (χ2v) is 8.72. The molecule has 1 aromatic heterocycles. The highest BCUT2D eigenvalue weighted by Crippen LogP contribution is 2.23. The predicted octanol–water partition coefficient (Wildman–Crippen LogP) is 4.28. The van der Waals surface area contributed by atoms with Crippen molar-refractivity contribution in [2.45, 2.75) is 31.1 Å². The maximum absolute atomic E-state index is 12.6. The van der Waals surface area contributed by atoms with Crippen molar-refractivity contribution < 1.29 is 14.3 Å². The maximum atomic E-state index is 12.6. The molecule has 2 amide bonds. The van der Waals surface area contributed by atoms with Gasteiger partial charge in [-0.2, -0.15) is 0 Å². The molecule has 0 spiro atoms. The topological polar surface area (TPSA) is 98.1 Å². The smallest absolute Gasteiger partial charge is 0.234 e. The Morgan fingerprint density at radius 2 is 1.91 bits per heavy atom. The summed E-state index contributed by atoms with van der Waals surface area (Å²) in [5.41, 5.74) is 1.43. The van der Waals surface area contributed by atoms with Crippen molar-refractivity contribution in [2.75, 3.05) is 18.2 Å². The van der Waals surface area contributed by atoms with Crippen molar-refractivity contribution in [3.05, 3.63) is 77.6 Å². The number of anilines is 1. The highest BCUT2D eigenvalue weighted by molar-refractivity contribution is 7.99. The number of methoxy groups -OCH3 is 1. The molecular formula is C24H26ClN5O3S. The second-order valence-electron chi connectivity index (χ2n) is 7.37. The number of benzene rings is 2. The molecule has 34 heavy (non-hydrogen) atoms. The molecule has 0 fully saturated rings. The van der Waals surface area contributed by atoms with Gasteiger partial charge in [0, 0.05) is 6.54 Å². The van der Waals surface area contributed by atoms with Crippen molar-refractivity contribution in [1.82, 2.24) is 20.1 Å². The summed E-state index contributed by atoms with van der Waals surface area (Å²) in [6.07, 6.45) is 1.94. The van der Waals surface area contributed by atoms with E-state index in [4.69, 9.17) is 16.3 Å². The number of para-hydroxylation sites is 1. The van der Waals surface area contributed by atoms with E-state index in [0.29, 0.717) is 28.2 Å². The highest BCUT2D eigenvalue weighted by atomic mass is 35.5. The summed E-state index contributed by atoms with van der Waals surface area (Å²) >= 11 is 7.34. The molecule has 1 atom stereocenters. The van der Waals surface area contributed by atoms with Gasteiger partial charge >= 0.3 is 0 Å². The first-order valence-electron chi connectivity index (χ1n) is 10.5. The van der Waals surface area contributed by atoms with Gasteiger partial charge < -0.3 is 19.9 Å². The fourth-order valence-corrected chi connectivity index (χ4v) is 4.13. The van der Waals surface area contributed by atoms with Gasteiger partial charge in [-0.15, -0.1) is 16.8 Å². The van der Waals surface area contributed by atoms with Gasteiger partial charge in [0.15, 0.2) is 11.0 Å². The number of nitrogens with one attached hydrogen (secondary N) is 2. The SMILES string of the molecule is C=CCn1c(SCC(=O)Nc2ccccc2Cl)nnc1C(C)NC(=O)Cc1ccc(OC)cc1. The lowest BCUT2D eigenvalue weighted by atomic mass is 10.1. The fraction of sp³-hybridized carbons (Fsp3) is 0.250. The molecule has 1 heterocycles. The molecule has 10 heteroatoms. The predicted molar refractivity (Wildman–Crippen MR) is 134 cm³/mol. The average molecular weight is 500 g/mol. The van der Waals surface area contributed by atoms with E-state index >= 15 is 0 Å². The standard InChI is InChI=1S/C24H26ClN5O3S/c1-4-13-30-23(16(2)26-21(31)14-17-9-11-18(33-3)12-10-17)28-29-24(30)34-15-22(32)27-20-8-6-5-7-19(20)25/h4-12,16H,1,13-15H2,2-3H3,(H,26,31)(H,27,32). The van der Waals surface area contributed by atoms with Gasteiger partial charge in [-0.25, -0.2) is 0 Å². The van der Waals surface area contributed by atoms with Crippen molar-refractivity contribution in [2.24, 2.45) is 0 Å². The number of aromatic nitrogens is 3. The molecule has 0 aliphatic rings. The van der Waals surface area contributed by atoms with E-state index in [1.807, 2.05) is 35.8 Å². The third-order valence-corrected chi connectivity index (χ3v) is 6.12. The first-order chi connectivity index (χ1) is 16.4. The fourth-order valence-electron chi connectivity index (χ4n) is 3.19. The maximum Gasteiger partial charge on any atom is 0.234 e. The molecule has 2 N–H and O–H groups in total. The van der Waals surface area contributed by atoms with Crippen molar-refractivity contribution in [3.8, 4) is 5.75 Å². The zero-order valence-electron chi connectivity index (χ0n) is 19.0. The Bertz CT molecular complexity index is 1150. The second kappa shape index (κ2) is 12.2. The number of carbonyl (C=O) groups excluding carboxylic acids is 2. The Morgan fingerprint density at radius 1 is 1.18 bits per heavy atom.